The molecule has 0 amide bonds. The summed E-state index contributed by atoms with van der Waals surface area (Å²) >= 11 is 0. The lowest BCUT2D eigenvalue weighted by Crippen LogP contribution is -2.05. The predicted molar refractivity (Wildman–Crippen MR) is 88.2 cm³/mol. The zero-order chi connectivity index (χ0) is 16.8. The third-order valence-electron chi connectivity index (χ3n) is 3.27. The topological polar surface area (TPSA) is 60.2 Å². The number of benzene rings is 1. The van der Waals surface area contributed by atoms with Crippen molar-refractivity contribution < 1.29 is 13.5 Å². The maximum atomic E-state index is 13.8. The number of nitrogens with two attached hydrogens (primary N) is 1. The van der Waals surface area contributed by atoms with Crippen molar-refractivity contribution in [2.24, 2.45) is 0 Å². The van der Waals surface area contributed by atoms with Gasteiger partial charge in [-0.2, -0.15) is 0 Å². The highest BCUT2D eigenvalue weighted by Crippen LogP contribution is 2.24. The van der Waals surface area contributed by atoms with Crippen LogP contribution in [-0.4, -0.2) is 12.0 Å². The van der Waals surface area contributed by atoms with Gasteiger partial charge in [-0.25, -0.2) is 8.78 Å². The number of allylic oxidation sites excluding steroid dienone is 1. The Kier molecular flexibility index (Phi) is 5.51. The van der Waals surface area contributed by atoms with E-state index in [4.69, 9.17) is 10.5 Å². The van der Waals surface area contributed by atoms with E-state index in [9.17, 15) is 8.78 Å². The number of nitrogens with zero attached hydrogens (tertiary/aromatic N) is 1. The summed E-state index contributed by atoms with van der Waals surface area (Å²) in [7, 11) is 1.77. The number of pyridine rings is 1. The summed E-state index contributed by atoms with van der Waals surface area (Å²) < 4.78 is 33.0. The molecule has 0 bridgehead atoms. The molecule has 122 valence electrons. The quantitative estimate of drug-likeness (QED) is 0.791. The molecular formula is C17H19F2N3O. The first-order valence-corrected chi connectivity index (χ1v) is 7.26. The van der Waals surface area contributed by atoms with Crippen molar-refractivity contribution in [3.8, 4) is 5.75 Å². The molecule has 0 radical (unpaired) electrons. The van der Waals surface area contributed by atoms with Gasteiger partial charge in [-0.05, 0) is 24.6 Å². The van der Waals surface area contributed by atoms with Crippen LogP contribution in [0.3, 0.4) is 0 Å². The molecule has 6 heteroatoms. The Morgan fingerprint density at radius 3 is 2.83 bits per heavy atom. The fourth-order valence-corrected chi connectivity index (χ4v) is 2.00. The number of rotatable bonds is 6. The Morgan fingerprint density at radius 1 is 1.35 bits per heavy atom. The van der Waals surface area contributed by atoms with Crippen LogP contribution in [-0.2, 0) is 6.61 Å². The highest BCUT2D eigenvalue weighted by Gasteiger charge is 2.13. The van der Waals surface area contributed by atoms with E-state index in [0.717, 1.165) is 23.9 Å². The molecule has 0 spiro atoms. The first kappa shape index (κ1) is 16.7. The lowest BCUT2D eigenvalue weighted by atomic mass is 10.2. The van der Waals surface area contributed by atoms with Crippen LogP contribution in [0.25, 0.3) is 6.08 Å². The molecule has 0 unspecified atom stereocenters. The number of anilines is 2. The molecule has 1 heterocycles. The number of hydrogen-bond donors (Lipinski definition) is 2. The fraction of sp³-hybridized carbons (Fsp3) is 0.235. The van der Waals surface area contributed by atoms with Crippen LogP contribution >= 0.6 is 0 Å². The van der Waals surface area contributed by atoms with Gasteiger partial charge in [-0.1, -0.05) is 13.0 Å². The van der Waals surface area contributed by atoms with Gasteiger partial charge in [-0.15, -0.1) is 0 Å². The molecule has 23 heavy (non-hydrogen) atoms. The van der Waals surface area contributed by atoms with Gasteiger partial charge in [0.1, 0.15) is 18.2 Å². The van der Waals surface area contributed by atoms with E-state index < -0.39 is 11.6 Å². The monoisotopic (exact) mass is 319 g/mol. The molecule has 0 fully saturated rings. The molecule has 1 aromatic carbocycles. The van der Waals surface area contributed by atoms with Crippen LogP contribution in [0.15, 0.2) is 30.5 Å². The van der Waals surface area contributed by atoms with Gasteiger partial charge >= 0.3 is 0 Å². The fourth-order valence-electron chi connectivity index (χ4n) is 2.00. The molecule has 2 rings (SSSR count). The Hall–Kier alpha value is -2.63. The van der Waals surface area contributed by atoms with E-state index in [2.05, 4.69) is 10.3 Å². The minimum Gasteiger partial charge on any atom is -0.487 e. The van der Waals surface area contributed by atoms with Gasteiger partial charge in [0, 0.05) is 13.1 Å². The standard InChI is InChI=1S/C17H19F2N3O/c1-3-4-5-15-16(21-2)8-11(9-22-15)23-10-12-13(18)6-7-14(20)17(12)19/h4-9,21H,3,10,20H2,1-2H3/b5-4+. The van der Waals surface area contributed by atoms with Crippen LogP contribution in [0.4, 0.5) is 20.2 Å². The molecule has 0 saturated heterocycles. The SMILES string of the molecule is CC/C=C/c1ncc(OCc2c(F)ccc(N)c2F)cc1NC. The third kappa shape index (κ3) is 3.97. The van der Waals surface area contributed by atoms with E-state index >= 15 is 0 Å². The molecule has 0 aliphatic rings. The van der Waals surface area contributed by atoms with Crippen molar-refractivity contribution in [3.63, 3.8) is 0 Å². The van der Waals surface area contributed by atoms with Gasteiger partial charge in [0.05, 0.1) is 28.8 Å². The Labute approximate surface area is 134 Å². The lowest BCUT2D eigenvalue weighted by molar-refractivity contribution is 0.292. The highest BCUT2D eigenvalue weighted by molar-refractivity contribution is 5.64. The number of halogens is 2. The zero-order valence-electron chi connectivity index (χ0n) is 13.1. The summed E-state index contributed by atoms with van der Waals surface area (Å²) in [6.45, 7) is 1.76. The van der Waals surface area contributed by atoms with Crippen molar-refractivity contribution in [1.29, 1.82) is 0 Å². The summed E-state index contributed by atoms with van der Waals surface area (Å²) in [6, 6.07) is 4.03. The normalized spacial score (nSPS) is 11.0. The Balaban J connectivity index is 2.18. The van der Waals surface area contributed by atoms with Crippen LogP contribution in [0.2, 0.25) is 0 Å². The van der Waals surface area contributed by atoms with Crippen molar-refractivity contribution in [2.75, 3.05) is 18.1 Å². The second kappa shape index (κ2) is 7.58. The lowest BCUT2D eigenvalue weighted by Gasteiger charge is -2.11. The van der Waals surface area contributed by atoms with Crippen molar-refractivity contribution >= 4 is 17.5 Å². The van der Waals surface area contributed by atoms with E-state index in [-0.39, 0.29) is 17.9 Å². The maximum absolute atomic E-state index is 13.8. The number of aromatic nitrogens is 1. The van der Waals surface area contributed by atoms with Gasteiger partial charge in [0.25, 0.3) is 0 Å². The summed E-state index contributed by atoms with van der Waals surface area (Å²) in [4.78, 5) is 4.28. The average molecular weight is 319 g/mol. The molecule has 0 saturated carbocycles. The maximum Gasteiger partial charge on any atom is 0.155 e. The summed E-state index contributed by atoms with van der Waals surface area (Å²) in [6.07, 6.45) is 6.30. The Morgan fingerprint density at radius 2 is 2.13 bits per heavy atom. The van der Waals surface area contributed by atoms with Crippen molar-refractivity contribution in [3.05, 3.63) is 53.4 Å². The molecule has 4 nitrogen and oxygen atoms in total. The summed E-state index contributed by atoms with van der Waals surface area (Å²) in [5.74, 6) is -1.08. The molecular weight excluding hydrogens is 300 g/mol. The van der Waals surface area contributed by atoms with E-state index in [1.54, 1.807) is 13.1 Å². The molecule has 3 N–H and O–H groups in total. The van der Waals surface area contributed by atoms with Gasteiger partial charge in [0.15, 0.2) is 5.82 Å². The van der Waals surface area contributed by atoms with E-state index in [0.29, 0.717) is 5.75 Å². The second-order valence-electron chi connectivity index (χ2n) is 4.88. The van der Waals surface area contributed by atoms with Gasteiger partial charge in [0.2, 0.25) is 0 Å². The van der Waals surface area contributed by atoms with Gasteiger partial charge in [-0.3, -0.25) is 4.98 Å². The van der Waals surface area contributed by atoms with E-state index in [1.807, 2.05) is 19.1 Å². The van der Waals surface area contributed by atoms with Crippen LogP contribution in [0.5, 0.6) is 5.75 Å². The van der Waals surface area contributed by atoms with Crippen LogP contribution < -0.4 is 15.8 Å². The number of nitrogen functional groups attached to an aromatic ring is 1. The first-order valence-electron chi connectivity index (χ1n) is 7.26. The minimum absolute atomic E-state index is 0.112. The first-order chi connectivity index (χ1) is 11.1. The average Bonchev–Trinajstić information content (AvgIpc) is 2.56. The second-order valence-corrected chi connectivity index (χ2v) is 4.88. The number of ether oxygens (including phenoxy) is 1. The van der Waals surface area contributed by atoms with Crippen LogP contribution in [0.1, 0.15) is 24.6 Å². The summed E-state index contributed by atoms with van der Waals surface area (Å²) in [5, 5.41) is 3.01. The third-order valence-corrected chi connectivity index (χ3v) is 3.27. The van der Waals surface area contributed by atoms with Gasteiger partial charge < -0.3 is 15.8 Å². The van der Waals surface area contributed by atoms with Crippen molar-refractivity contribution in [1.82, 2.24) is 4.98 Å². The zero-order valence-corrected chi connectivity index (χ0v) is 13.1. The summed E-state index contributed by atoms with van der Waals surface area (Å²) in [5.41, 5.74) is 6.66. The van der Waals surface area contributed by atoms with Crippen LogP contribution in [0, 0.1) is 11.6 Å². The molecule has 0 atom stereocenters. The number of nitrogens with one attached hydrogen (secondary N) is 1. The smallest absolute Gasteiger partial charge is 0.155 e. The minimum atomic E-state index is -0.797. The van der Waals surface area contributed by atoms with Crippen molar-refractivity contribution in [2.45, 2.75) is 20.0 Å². The predicted octanol–water partition coefficient (Wildman–Crippen LogP) is 3.99. The molecule has 0 aliphatic heterocycles. The van der Waals surface area contributed by atoms with E-state index in [1.165, 1.54) is 12.3 Å². The Bertz CT molecular complexity index is 717. The molecule has 1 aromatic heterocycles. The number of hydrogen-bond acceptors (Lipinski definition) is 4. The molecule has 0 aliphatic carbocycles. The largest absolute Gasteiger partial charge is 0.487 e. The highest BCUT2D eigenvalue weighted by atomic mass is 19.1. The molecule has 2 aromatic rings.